The minimum absolute atomic E-state index is 0.0796. The summed E-state index contributed by atoms with van der Waals surface area (Å²) in [5.74, 6) is -0.497. The molecular formula is C20H16ClN5O4S. The van der Waals surface area contributed by atoms with Crippen molar-refractivity contribution in [3.8, 4) is 5.69 Å². The van der Waals surface area contributed by atoms with E-state index < -0.39 is 17.2 Å². The van der Waals surface area contributed by atoms with Crippen LogP contribution in [0.2, 0.25) is 5.15 Å². The van der Waals surface area contributed by atoms with Crippen molar-refractivity contribution >= 4 is 45.3 Å². The number of aromatic nitrogens is 4. The van der Waals surface area contributed by atoms with Gasteiger partial charge >= 0.3 is 11.7 Å². The van der Waals surface area contributed by atoms with Gasteiger partial charge in [-0.15, -0.1) is 11.3 Å². The van der Waals surface area contributed by atoms with Crippen LogP contribution in [0.3, 0.4) is 0 Å². The maximum Gasteiger partial charge on any atom is 0.348 e. The molecule has 3 aromatic heterocycles. The fraction of sp³-hybridized carbons (Fsp3) is 0.150. The molecule has 0 aliphatic rings. The molecule has 158 valence electrons. The molecule has 4 rings (SSSR count). The van der Waals surface area contributed by atoms with Gasteiger partial charge in [0.2, 0.25) is 0 Å². The Morgan fingerprint density at radius 1 is 1.32 bits per heavy atom. The Morgan fingerprint density at radius 3 is 2.77 bits per heavy atom. The van der Waals surface area contributed by atoms with Crippen LogP contribution in [0.15, 0.2) is 51.3 Å². The molecule has 3 heterocycles. The maximum absolute atomic E-state index is 13.0. The quantitative estimate of drug-likeness (QED) is 0.366. The number of carbonyl (C=O) groups is 1. The first kappa shape index (κ1) is 20.8. The molecule has 0 radical (unpaired) electrons. The molecule has 0 atom stereocenters. The minimum atomic E-state index is -0.497. The van der Waals surface area contributed by atoms with Gasteiger partial charge < -0.3 is 4.74 Å². The summed E-state index contributed by atoms with van der Waals surface area (Å²) < 4.78 is 7.41. The van der Waals surface area contributed by atoms with Gasteiger partial charge in [0.05, 0.1) is 23.9 Å². The van der Waals surface area contributed by atoms with E-state index in [1.807, 2.05) is 6.07 Å². The van der Waals surface area contributed by atoms with Gasteiger partial charge in [0.1, 0.15) is 26.9 Å². The summed E-state index contributed by atoms with van der Waals surface area (Å²) in [5, 5.41) is 4.52. The fourth-order valence-corrected chi connectivity index (χ4v) is 4.32. The van der Waals surface area contributed by atoms with Crippen molar-refractivity contribution in [1.82, 2.24) is 19.2 Å². The predicted molar refractivity (Wildman–Crippen MR) is 119 cm³/mol. The highest BCUT2D eigenvalue weighted by Gasteiger charge is 2.20. The number of ether oxygens (including phenoxy) is 1. The Hall–Kier alpha value is -3.50. The molecule has 0 aliphatic heterocycles. The number of hydrogen-bond donors (Lipinski definition) is 1. The van der Waals surface area contributed by atoms with Gasteiger partial charge in [-0.05, 0) is 31.5 Å². The van der Waals surface area contributed by atoms with Crippen molar-refractivity contribution < 1.29 is 9.53 Å². The lowest BCUT2D eigenvalue weighted by Crippen LogP contribution is -2.19. The molecule has 0 fully saturated rings. The Kier molecular flexibility index (Phi) is 5.57. The van der Waals surface area contributed by atoms with Gasteiger partial charge in [0.15, 0.2) is 0 Å². The summed E-state index contributed by atoms with van der Waals surface area (Å²) >= 11 is 7.27. The lowest BCUT2D eigenvalue weighted by molar-refractivity contribution is 0.0531. The van der Waals surface area contributed by atoms with E-state index in [4.69, 9.17) is 16.3 Å². The lowest BCUT2D eigenvalue weighted by atomic mass is 10.2. The van der Waals surface area contributed by atoms with Crippen LogP contribution in [-0.2, 0) is 4.74 Å². The molecular weight excluding hydrogens is 442 g/mol. The summed E-state index contributed by atoms with van der Waals surface area (Å²) in [5.41, 5.74) is 0.461. The van der Waals surface area contributed by atoms with Crippen LogP contribution in [0.4, 0.5) is 0 Å². The third-order valence-corrected chi connectivity index (χ3v) is 5.97. The summed E-state index contributed by atoms with van der Waals surface area (Å²) in [6, 6.07) is 8.88. The average molecular weight is 458 g/mol. The second kappa shape index (κ2) is 8.32. The molecule has 11 heteroatoms. The standard InChI is InChI=1S/C20H16ClN5O4S/c1-3-30-19(28)15-11(2)14-17(31-15)22-10-25(18(14)27)23-9-13-16(21)24-20(29)26(13)12-7-5-4-6-8-12/h4-10H,3H2,1-2H3,(H,24,29)/b23-9+. The number of H-pyrrole nitrogens is 1. The van der Waals surface area contributed by atoms with Crippen LogP contribution >= 0.6 is 22.9 Å². The first-order chi connectivity index (χ1) is 14.9. The van der Waals surface area contributed by atoms with E-state index in [9.17, 15) is 14.4 Å². The molecule has 4 aromatic rings. The van der Waals surface area contributed by atoms with Crippen molar-refractivity contribution in [3.63, 3.8) is 0 Å². The second-order valence-corrected chi connectivity index (χ2v) is 7.77. The number of aromatic amines is 1. The van der Waals surface area contributed by atoms with Gasteiger partial charge in [-0.1, -0.05) is 29.8 Å². The number of halogens is 1. The van der Waals surface area contributed by atoms with Gasteiger partial charge in [-0.25, -0.2) is 14.6 Å². The normalized spacial score (nSPS) is 11.5. The number of imidazole rings is 1. The lowest BCUT2D eigenvalue weighted by Gasteiger charge is -2.04. The number of hydrogen-bond acceptors (Lipinski definition) is 7. The number of aryl methyl sites for hydroxylation is 1. The highest BCUT2D eigenvalue weighted by atomic mass is 35.5. The highest BCUT2D eigenvalue weighted by Crippen LogP contribution is 2.27. The Balaban J connectivity index is 1.79. The highest BCUT2D eigenvalue weighted by molar-refractivity contribution is 7.20. The van der Waals surface area contributed by atoms with Crippen molar-refractivity contribution in [3.05, 3.63) is 78.8 Å². The van der Waals surface area contributed by atoms with Crippen LogP contribution in [0.1, 0.15) is 27.9 Å². The van der Waals surface area contributed by atoms with Crippen molar-refractivity contribution in [2.75, 3.05) is 6.61 Å². The largest absolute Gasteiger partial charge is 0.462 e. The molecule has 0 bridgehead atoms. The number of esters is 1. The van der Waals surface area contributed by atoms with E-state index >= 15 is 0 Å². The molecule has 0 aliphatic carbocycles. The van der Waals surface area contributed by atoms with Gasteiger partial charge in [-0.3, -0.25) is 14.3 Å². The van der Waals surface area contributed by atoms with Gasteiger partial charge in [0, 0.05) is 0 Å². The zero-order valence-electron chi connectivity index (χ0n) is 16.5. The number of nitrogens with zero attached hydrogens (tertiary/aromatic N) is 4. The van der Waals surface area contributed by atoms with Crippen LogP contribution < -0.4 is 11.2 Å². The molecule has 1 N–H and O–H groups in total. The number of nitrogens with one attached hydrogen (secondary N) is 1. The van der Waals surface area contributed by atoms with Crippen LogP contribution in [-0.4, -0.2) is 38.0 Å². The molecule has 0 saturated heterocycles. The fourth-order valence-electron chi connectivity index (χ4n) is 3.07. The molecule has 0 spiro atoms. The zero-order chi connectivity index (χ0) is 22.1. The van der Waals surface area contributed by atoms with E-state index in [-0.39, 0.29) is 22.8 Å². The minimum Gasteiger partial charge on any atom is -0.462 e. The number of carbonyl (C=O) groups excluding carboxylic acids is 1. The third kappa shape index (κ3) is 3.71. The average Bonchev–Trinajstić information content (AvgIpc) is 3.24. The monoisotopic (exact) mass is 457 g/mol. The van der Waals surface area contributed by atoms with E-state index in [0.29, 0.717) is 21.0 Å². The van der Waals surface area contributed by atoms with E-state index in [2.05, 4.69) is 15.1 Å². The predicted octanol–water partition coefficient (Wildman–Crippen LogP) is 2.96. The summed E-state index contributed by atoms with van der Waals surface area (Å²) in [7, 11) is 0. The first-order valence-electron chi connectivity index (χ1n) is 9.20. The number of fused-ring (bicyclic) bond motifs is 1. The van der Waals surface area contributed by atoms with E-state index in [0.717, 1.165) is 16.0 Å². The summed E-state index contributed by atoms with van der Waals surface area (Å²) in [6.07, 6.45) is 2.55. The van der Waals surface area contributed by atoms with Gasteiger partial charge in [-0.2, -0.15) is 9.78 Å². The van der Waals surface area contributed by atoms with Crippen molar-refractivity contribution in [2.24, 2.45) is 5.10 Å². The number of benzene rings is 1. The smallest absolute Gasteiger partial charge is 0.348 e. The Bertz CT molecular complexity index is 1430. The number of thiophene rings is 1. The van der Waals surface area contributed by atoms with E-state index in [1.165, 1.54) is 17.1 Å². The Labute approximate surface area is 184 Å². The molecule has 31 heavy (non-hydrogen) atoms. The molecule has 0 unspecified atom stereocenters. The van der Waals surface area contributed by atoms with Crippen LogP contribution in [0, 0.1) is 6.92 Å². The Morgan fingerprint density at radius 2 is 2.06 bits per heavy atom. The molecule has 0 saturated carbocycles. The second-order valence-electron chi connectivity index (χ2n) is 6.40. The van der Waals surface area contributed by atoms with Crippen LogP contribution in [0.25, 0.3) is 15.9 Å². The topological polar surface area (TPSA) is 111 Å². The maximum atomic E-state index is 13.0. The first-order valence-corrected chi connectivity index (χ1v) is 10.4. The van der Waals surface area contributed by atoms with E-state index in [1.54, 1.807) is 38.1 Å². The molecule has 9 nitrogen and oxygen atoms in total. The zero-order valence-corrected chi connectivity index (χ0v) is 18.0. The van der Waals surface area contributed by atoms with Crippen molar-refractivity contribution in [1.29, 1.82) is 0 Å². The van der Waals surface area contributed by atoms with Gasteiger partial charge in [0.25, 0.3) is 5.56 Å². The SMILES string of the molecule is CCOC(=O)c1sc2ncn(/N=C/c3c(Cl)[nH]c(=O)n3-c3ccccc3)c(=O)c2c1C. The molecule has 1 aromatic carbocycles. The van der Waals surface area contributed by atoms with Crippen molar-refractivity contribution in [2.45, 2.75) is 13.8 Å². The van der Waals surface area contributed by atoms with Crippen LogP contribution in [0.5, 0.6) is 0 Å². The summed E-state index contributed by atoms with van der Waals surface area (Å²) in [6.45, 7) is 3.61. The number of para-hydroxylation sites is 1. The summed E-state index contributed by atoms with van der Waals surface area (Å²) in [4.78, 5) is 44.9. The molecule has 0 amide bonds. The third-order valence-electron chi connectivity index (χ3n) is 4.50. The number of rotatable bonds is 5.